The van der Waals surface area contributed by atoms with Gasteiger partial charge in [0.1, 0.15) is 5.69 Å². The molecule has 0 radical (unpaired) electrons. The number of carbonyl (C=O) groups is 1. The first kappa shape index (κ1) is 12.7. The fourth-order valence-corrected chi connectivity index (χ4v) is 2.74. The Labute approximate surface area is 118 Å². The molecule has 0 saturated carbocycles. The number of rotatable bonds is 2. The lowest BCUT2D eigenvalue weighted by Gasteiger charge is -2.14. The number of nitrogens with two attached hydrogens (primary N) is 1. The SMILES string of the molecule is Cc1cccnc1C(=O)NC1CCc2cc(N)ccc21. The summed E-state index contributed by atoms with van der Waals surface area (Å²) in [5, 5.41) is 3.07. The largest absolute Gasteiger partial charge is 0.399 e. The number of fused-ring (bicyclic) bond motifs is 1. The molecule has 3 N–H and O–H groups in total. The Hall–Kier alpha value is -2.36. The smallest absolute Gasteiger partial charge is 0.270 e. The average molecular weight is 267 g/mol. The summed E-state index contributed by atoms with van der Waals surface area (Å²) in [7, 11) is 0. The maximum atomic E-state index is 12.3. The number of aryl methyl sites for hydroxylation is 2. The molecule has 0 fully saturated rings. The van der Waals surface area contributed by atoms with Gasteiger partial charge in [0.15, 0.2) is 0 Å². The molecule has 20 heavy (non-hydrogen) atoms. The van der Waals surface area contributed by atoms with Crippen molar-refractivity contribution in [2.75, 3.05) is 5.73 Å². The van der Waals surface area contributed by atoms with Gasteiger partial charge in [-0.1, -0.05) is 12.1 Å². The Morgan fingerprint density at radius 1 is 1.40 bits per heavy atom. The summed E-state index contributed by atoms with van der Waals surface area (Å²) in [6.45, 7) is 1.89. The van der Waals surface area contributed by atoms with Gasteiger partial charge in [-0.3, -0.25) is 9.78 Å². The van der Waals surface area contributed by atoms with E-state index >= 15 is 0 Å². The minimum Gasteiger partial charge on any atom is -0.399 e. The number of nitrogens with one attached hydrogen (secondary N) is 1. The van der Waals surface area contributed by atoms with E-state index in [-0.39, 0.29) is 11.9 Å². The van der Waals surface area contributed by atoms with E-state index in [1.54, 1.807) is 6.20 Å². The lowest BCUT2D eigenvalue weighted by molar-refractivity contribution is 0.0931. The fourth-order valence-electron chi connectivity index (χ4n) is 2.74. The average Bonchev–Trinajstić information content (AvgIpc) is 2.81. The van der Waals surface area contributed by atoms with Gasteiger partial charge >= 0.3 is 0 Å². The van der Waals surface area contributed by atoms with Gasteiger partial charge in [0.25, 0.3) is 5.91 Å². The van der Waals surface area contributed by atoms with E-state index in [0.29, 0.717) is 5.69 Å². The van der Waals surface area contributed by atoms with E-state index in [0.717, 1.165) is 24.1 Å². The molecule has 3 rings (SSSR count). The number of hydrogen-bond acceptors (Lipinski definition) is 3. The zero-order chi connectivity index (χ0) is 14.1. The first-order chi connectivity index (χ1) is 9.65. The molecule has 1 aromatic heterocycles. The van der Waals surface area contributed by atoms with E-state index in [9.17, 15) is 4.79 Å². The number of amides is 1. The standard InChI is InChI=1S/C16H17N3O/c1-10-3-2-8-18-15(10)16(20)19-14-7-4-11-9-12(17)5-6-13(11)14/h2-3,5-6,8-9,14H,4,7,17H2,1H3,(H,19,20). The van der Waals surface area contributed by atoms with Gasteiger partial charge in [-0.05, 0) is 54.7 Å². The summed E-state index contributed by atoms with van der Waals surface area (Å²) in [6.07, 6.45) is 3.51. The molecular weight excluding hydrogens is 250 g/mol. The van der Waals surface area contributed by atoms with Crippen LogP contribution < -0.4 is 11.1 Å². The predicted molar refractivity (Wildman–Crippen MR) is 78.4 cm³/mol. The molecule has 1 heterocycles. The zero-order valence-electron chi connectivity index (χ0n) is 11.4. The van der Waals surface area contributed by atoms with Crippen molar-refractivity contribution in [1.29, 1.82) is 0 Å². The van der Waals surface area contributed by atoms with Crippen LogP contribution in [0.15, 0.2) is 36.5 Å². The third kappa shape index (κ3) is 2.25. The number of carbonyl (C=O) groups excluding carboxylic acids is 1. The molecule has 0 aliphatic heterocycles. The van der Waals surface area contributed by atoms with Crippen LogP contribution in [0.5, 0.6) is 0 Å². The quantitative estimate of drug-likeness (QED) is 0.821. The predicted octanol–water partition coefficient (Wildman–Crippen LogP) is 2.39. The van der Waals surface area contributed by atoms with Gasteiger partial charge in [-0.15, -0.1) is 0 Å². The number of anilines is 1. The van der Waals surface area contributed by atoms with Gasteiger partial charge in [-0.25, -0.2) is 0 Å². The van der Waals surface area contributed by atoms with Crippen LogP contribution in [0.4, 0.5) is 5.69 Å². The monoisotopic (exact) mass is 267 g/mol. The van der Waals surface area contributed by atoms with E-state index in [2.05, 4.69) is 10.3 Å². The van der Waals surface area contributed by atoms with E-state index in [4.69, 9.17) is 5.73 Å². The zero-order valence-corrected chi connectivity index (χ0v) is 11.4. The summed E-state index contributed by atoms with van der Waals surface area (Å²) in [5.41, 5.74) is 10.3. The maximum Gasteiger partial charge on any atom is 0.270 e. The van der Waals surface area contributed by atoms with E-state index in [1.807, 2.05) is 37.3 Å². The van der Waals surface area contributed by atoms with E-state index in [1.165, 1.54) is 11.1 Å². The topological polar surface area (TPSA) is 68.0 Å². The maximum absolute atomic E-state index is 12.3. The highest BCUT2D eigenvalue weighted by Crippen LogP contribution is 2.32. The lowest BCUT2D eigenvalue weighted by Crippen LogP contribution is -2.28. The number of pyridine rings is 1. The highest BCUT2D eigenvalue weighted by molar-refractivity contribution is 5.93. The molecule has 0 bridgehead atoms. The summed E-state index contributed by atoms with van der Waals surface area (Å²) in [4.78, 5) is 16.5. The normalized spacial score (nSPS) is 16.8. The molecule has 0 spiro atoms. The van der Waals surface area contributed by atoms with Gasteiger partial charge in [-0.2, -0.15) is 0 Å². The Balaban J connectivity index is 1.81. The van der Waals surface area contributed by atoms with Crippen molar-refractivity contribution in [1.82, 2.24) is 10.3 Å². The summed E-state index contributed by atoms with van der Waals surface area (Å²) < 4.78 is 0. The van der Waals surface area contributed by atoms with Crippen molar-refractivity contribution < 1.29 is 4.79 Å². The molecule has 1 atom stereocenters. The van der Waals surface area contributed by atoms with E-state index < -0.39 is 0 Å². The molecule has 1 aromatic carbocycles. The third-order valence-electron chi connectivity index (χ3n) is 3.77. The van der Waals surface area contributed by atoms with Gasteiger partial charge in [0.05, 0.1) is 6.04 Å². The van der Waals surface area contributed by atoms with Crippen LogP contribution in [0.25, 0.3) is 0 Å². The Morgan fingerprint density at radius 3 is 3.05 bits per heavy atom. The van der Waals surface area contributed by atoms with Crippen LogP contribution in [-0.4, -0.2) is 10.9 Å². The van der Waals surface area contributed by atoms with Crippen LogP contribution in [0, 0.1) is 6.92 Å². The molecule has 1 aliphatic carbocycles. The second kappa shape index (κ2) is 4.96. The fraction of sp³-hybridized carbons (Fsp3) is 0.250. The first-order valence-electron chi connectivity index (χ1n) is 6.76. The minimum atomic E-state index is -0.113. The molecule has 4 heteroatoms. The van der Waals surface area contributed by atoms with Crippen molar-refractivity contribution in [3.8, 4) is 0 Å². The number of benzene rings is 1. The highest BCUT2D eigenvalue weighted by atomic mass is 16.1. The van der Waals surface area contributed by atoms with Gasteiger partial charge in [0, 0.05) is 11.9 Å². The second-order valence-electron chi connectivity index (χ2n) is 5.19. The van der Waals surface area contributed by atoms with Crippen LogP contribution in [0.3, 0.4) is 0 Å². The molecule has 1 amide bonds. The third-order valence-corrected chi connectivity index (χ3v) is 3.77. The Morgan fingerprint density at radius 2 is 2.25 bits per heavy atom. The molecule has 102 valence electrons. The first-order valence-corrected chi connectivity index (χ1v) is 6.76. The van der Waals surface area contributed by atoms with Crippen molar-refractivity contribution in [3.63, 3.8) is 0 Å². The summed E-state index contributed by atoms with van der Waals surface area (Å²) >= 11 is 0. The van der Waals surface area contributed by atoms with Crippen LogP contribution in [0.1, 0.15) is 39.6 Å². The molecule has 4 nitrogen and oxygen atoms in total. The number of nitrogens with zero attached hydrogens (tertiary/aromatic N) is 1. The van der Waals surface area contributed by atoms with Crippen LogP contribution >= 0.6 is 0 Å². The van der Waals surface area contributed by atoms with Crippen molar-refractivity contribution in [2.45, 2.75) is 25.8 Å². The van der Waals surface area contributed by atoms with Crippen molar-refractivity contribution in [3.05, 3.63) is 58.9 Å². The van der Waals surface area contributed by atoms with Crippen molar-refractivity contribution >= 4 is 11.6 Å². The van der Waals surface area contributed by atoms with Crippen LogP contribution in [0.2, 0.25) is 0 Å². The summed E-state index contributed by atoms with van der Waals surface area (Å²) in [6, 6.07) is 9.67. The number of nitrogen functional groups attached to an aromatic ring is 1. The Kier molecular flexibility index (Phi) is 3.14. The molecule has 0 saturated heterocycles. The molecule has 2 aromatic rings. The van der Waals surface area contributed by atoms with Crippen molar-refractivity contribution in [2.24, 2.45) is 0 Å². The molecular formula is C16H17N3O. The van der Waals surface area contributed by atoms with Gasteiger partial charge < -0.3 is 11.1 Å². The minimum absolute atomic E-state index is 0.0551. The number of aromatic nitrogens is 1. The Bertz CT molecular complexity index is 667. The molecule has 1 unspecified atom stereocenters. The van der Waals surface area contributed by atoms with Crippen LogP contribution in [-0.2, 0) is 6.42 Å². The molecule has 1 aliphatic rings. The summed E-state index contributed by atoms with van der Waals surface area (Å²) in [5.74, 6) is -0.113. The number of hydrogen-bond donors (Lipinski definition) is 2. The highest BCUT2D eigenvalue weighted by Gasteiger charge is 2.25. The lowest BCUT2D eigenvalue weighted by atomic mass is 10.1. The van der Waals surface area contributed by atoms with Gasteiger partial charge in [0.2, 0.25) is 0 Å². The second-order valence-corrected chi connectivity index (χ2v) is 5.19.